The molecule has 1 N–H and O–H groups in total. The van der Waals surface area contributed by atoms with Gasteiger partial charge in [0.2, 0.25) is 5.89 Å². The molecule has 132 valence electrons. The molecule has 0 spiro atoms. The summed E-state index contributed by atoms with van der Waals surface area (Å²) in [4.78, 5) is 27.1. The summed E-state index contributed by atoms with van der Waals surface area (Å²) in [5.41, 5.74) is 2.99. The van der Waals surface area contributed by atoms with Gasteiger partial charge >= 0.3 is 6.03 Å². The van der Waals surface area contributed by atoms with Crippen molar-refractivity contribution in [3.05, 3.63) is 65.7 Å². The highest BCUT2D eigenvalue weighted by Gasteiger charge is 2.22. The zero-order valence-electron chi connectivity index (χ0n) is 14.5. The molecular weight excluding hydrogens is 330 g/mol. The molecule has 3 aromatic rings. The van der Waals surface area contributed by atoms with Crippen molar-refractivity contribution in [1.82, 2.24) is 25.2 Å². The number of hydrogen-bond donors (Lipinski definition) is 1. The van der Waals surface area contributed by atoms with Gasteiger partial charge in [0.15, 0.2) is 5.76 Å². The first-order valence-electron chi connectivity index (χ1n) is 8.53. The Morgan fingerprint density at radius 1 is 1.23 bits per heavy atom. The second-order valence-corrected chi connectivity index (χ2v) is 6.20. The Balaban J connectivity index is 1.36. The average Bonchev–Trinajstić information content (AvgIpc) is 3.15. The van der Waals surface area contributed by atoms with E-state index in [2.05, 4.69) is 20.3 Å². The van der Waals surface area contributed by atoms with E-state index >= 15 is 0 Å². The number of hydrogen-bond acceptors (Lipinski definition) is 5. The van der Waals surface area contributed by atoms with Crippen LogP contribution in [0.2, 0.25) is 0 Å². The Hall–Kier alpha value is -3.22. The minimum absolute atomic E-state index is 0.143. The molecule has 3 heterocycles. The molecule has 1 aliphatic rings. The largest absolute Gasteiger partial charge is 0.439 e. The van der Waals surface area contributed by atoms with Crippen LogP contribution >= 0.6 is 0 Å². The number of aryl methyl sites for hydroxylation is 1. The average molecular weight is 349 g/mol. The van der Waals surface area contributed by atoms with Gasteiger partial charge < -0.3 is 14.6 Å². The quantitative estimate of drug-likeness (QED) is 0.786. The number of benzene rings is 1. The number of nitrogens with zero attached hydrogens (tertiary/aromatic N) is 4. The van der Waals surface area contributed by atoms with Gasteiger partial charge in [0.25, 0.3) is 0 Å². The van der Waals surface area contributed by atoms with Gasteiger partial charge in [0.1, 0.15) is 5.82 Å². The van der Waals surface area contributed by atoms with Gasteiger partial charge in [-0.05, 0) is 6.92 Å². The van der Waals surface area contributed by atoms with Crippen molar-refractivity contribution in [2.45, 2.75) is 26.4 Å². The molecule has 0 saturated heterocycles. The van der Waals surface area contributed by atoms with E-state index in [4.69, 9.17) is 4.42 Å². The fourth-order valence-electron chi connectivity index (χ4n) is 2.98. The van der Waals surface area contributed by atoms with Crippen molar-refractivity contribution in [2.75, 3.05) is 6.54 Å². The van der Waals surface area contributed by atoms with E-state index in [0.717, 1.165) is 29.1 Å². The second kappa shape index (κ2) is 6.95. The smallest absolute Gasteiger partial charge is 0.318 e. The number of nitrogens with one attached hydrogen (secondary N) is 1. The summed E-state index contributed by atoms with van der Waals surface area (Å²) >= 11 is 0. The minimum Gasteiger partial charge on any atom is -0.439 e. The van der Waals surface area contributed by atoms with Gasteiger partial charge in [-0.2, -0.15) is 0 Å². The number of aromatic nitrogens is 3. The highest BCUT2D eigenvalue weighted by molar-refractivity contribution is 5.74. The molecule has 26 heavy (non-hydrogen) atoms. The van der Waals surface area contributed by atoms with E-state index in [1.54, 1.807) is 17.3 Å². The van der Waals surface area contributed by atoms with Crippen molar-refractivity contribution in [3.63, 3.8) is 0 Å². The van der Waals surface area contributed by atoms with Crippen LogP contribution in [0, 0.1) is 6.92 Å². The minimum atomic E-state index is -0.143. The van der Waals surface area contributed by atoms with Crippen LogP contribution in [0.5, 0.6) is 0 Å². The second-order valence-electron chi connectivity index (χ2n) is 6.20. The van der Waals surface area contributed by atoms with Gasteiger partial charge in [-0.1, -0.05) is 30.3 Å². The number of urea groups is 1. The molecule has 0 unspecified atom stereocenters. The van der Waals surface area contributed by atoms with E-state index < -0.39 is 0 Å². The van der Waals surface area contributed by atoms with Crippen molar-refractivity contribution in [1.29, 1.82) is 0 Å². The van der Waals surface area contributed by atoms with Crippen molar-refractivity contribution in [3.8, 4) is 11.3 Å². The van der Waals surface area contributed by atoms with Crippen molar-refractivity contribution in [2.24, 2.45) is 0 Å². The lowest BCUT2D eigenvalue weighted by Gasteiger charge is -2.28. The highest BCUT2D eigenvalue weighted by Crippen LogP contribution is 2.20. The van der Waals surface area contributed by atoms with Crippen LogP contribution in [0.3, 0.4) is 0 Å². The van der Waals surface area contributed by atoms with Crippen LogP contribution < -0.4 is 5.32 Å². The van der Waals surface area contributed by atoms with Gasteiger partial charge in [-0.15, -0.1) is 0 Å². The lowest BCUT2D eigenvalue weighted by atomic mass is 10.1. The zero-order valence-corrected chi connectivity index (χ0v) is 14.5. The Labute approximate surface area is 151 Å². The Morgan fingerprint density at radius 2 is 2.08 bits per heavy atom. The van der Waals surface area contributed by atoms with Crippen LogP contribution in [-0.2, 0) is 19.5 Å². The lowest BCUT2D eigenvalue weighted by Crippen LogP contribution is -2.42. The first-order chi connectivity index (χ1) is 12.7. The molecule has 7 nitrogen and oxygen atoms in total. The number of rotatable bonds is 3. The maximum Gasteiger partial charge on any atom is 0.318 e. The van der Waals surface area contributed by atoms with E-state index in [0.29, 0.717) is 24.7 Å². The molecule has 0 aliphatic carbocycles. The number of carbonyl (C=O) groups excluding carboxylic acids is 1. The highest BCUT2D eigenvalue weighted by atomic mass is 16.4. The van der Waals surface area contributed by atoms with Gasteiger partial charge in [0, 0.05) is 30.3 Å². The molecule has 2 amide bonds. The van der Waals surface area contributed by atoms with Crippen LogP contribution in [0.25, 0.3) is 11.3 Å². The molecule has 1 aromatic carbocycles. The number of carbonyl (C=O) groups is 1. The van der Waals surface area contributed by atoms with Gasteiger partial charge in [-0.25, -0.2) is 19.7 Å². The van der Waals surface area contributed by atoms with Crippen LogP contribution in [0.1, 0.15) is 23.0 Å². The molecule has 7 heteroatoms. The maximum absolute atomic E-state index is 12.4. The van der Waals surface area contributed by atoms with Crippen molar-refractivity contribution >= 4 is 6.03 Å². The summed E-state index contributed by atoms with van der Waals surface area (Å²) in [6.45, 7) is 3.28. The van der Waals surface area contributed by atoms with E-state index in [9.17, 15) is 4.79 Å². The van der Waals surface area contributed by atoms with Crippen LogP contribution in [-0.4, -0.2) is 32.4 Å². The third-order valence-electron chi connectivity index (χ3n) is 4.34. The summed E-state index contributed by atoms with van der Waals surface area (Å²) in [7, 11) is 0. The first-order valence-corrected chi connectivity index (χ1v) is 8.53. The third kappa shape index (κ3) is 3.42. The van der Waals surface area contributed by atoms with Crippen LogP contribution in [0.4, 0.5) is 4.79 Å². The van der Waals surface area contributed by atoms with E-state index in [1.807, 2.05) is 37.3 Å². The molecule has 2 aromatic heterocycles. The number of fused-ring (bicyclic) bond motifs is 1. The molecule has 0 fully saturated rings. The first kappa shape index (κ1) is 16.3. The molecule has 4 rings (SSSR count). The predicted molar refractivity (Wildman–Crippen MR) is 95.1 cm³/mol. The molecule has 1 aliphatic heterocycles. The van der Waals surface area contributed by atoms with Crippen molar-refractivity contribution < 1.29 is 9.21 Å². The molecule has 0 atom stereocenters. The summed E-state index contributed by atoms with van der Waals surface area (Å²) in [5, 5.41) is 2.87. The number of oxazole rings is 1. The topological polar surface area (TPSA) is 84.2 Å². The Kier molecular flexibility index (Phi) is 4.35. The SMILES string of the molecule is Cc1ncc2c(n1)CCN(C(=O)NCc1ncc(-c3ccccc3)o1)C2. The summed E-state index contributed by atoms with van der Waals surface area (Å²) < 4.78 is 5.71. The lowest BCUT2D eigenvalue weighted by molar-refractivity contribution is 0.190. The predicted octanol–water partition coefficient (Wildman–Crippen LogP) is 2.71. The molecule has 0 radical (unpaired) electrons. The summed E-state index contributed by atoms with van der Waals surface area (Å²) in [6.07, 6.45) is 4.22. The monoisotopic (exact) mass is 349 g/mol. The van der Waals surface area contributed by atoms with Gasteiger partial charge in [0.05, 0.1) is 25.0 Å². The standard InChI is InChI=1S/C19H19N5O2/c1-13-20-9-15-12-24(8-7-16(15)23-13)19(25)22-11-18-21-10-17(26-18)14-5-3-2-4-6-14/h2-6,9-10H,7-8,11-12H2,1H3,(H,22,25). The molecular formula is C19H19N5O2. The van der Waals surface area contributed by atoms with E-state index in [1.165, 1.54) is 0 Å². The fraction of sp³-hybridized carbons (Fsp3) is 0.263. The Morgan fingerprint density at radius 3 is 2.92 bits per heavy atom. The Bertz CT molecular complexity index is 923. The maximum atomic E-state index is 12.4. The summed E-state index contributed by atoms with van der Waals surface area (Å²) in [5.74, 6) is 1.93. The number of amides is 2. The van der Waals surface area contributed by atoms with Gasteiger partial charge in [-0.3, -0.25) is 0 Å². The molecule has 0 saturated carbocycles. The third-order valence-corrected chi connectivity index (χ3v) is 4.34. The van der Waals surface area contributed by atoms with Crippen LogP contribution in [0.15, 0.2) is 47.1 Å². The fourth-order valence-corrected chi connectivity index (χ4v) is 2.98. The van der Waals surface area contributed by atoms with E-state index in [-0.39, 0.29) is 12.6 Å². The molecule has 0 bridgehead atoms. The normalized spacial score (nSPS) is 13.3. The summed E-state index contributed by atoms with van der Waals surface area (Å²) in [6, 6.07) is 9.60. The zero-order chi connectivity index (χ0) is 17.9.